The van der Waals surface area contributed by atoms with Gasteiger partial charge in [0, 0.05) is 16.2 Å². The van der Waals surface area contributed by atoms with Crippen molar-refractivity contribution in [3.8, 4) is 0 Å². The van der Waals surface area contributed by atoms with Crippen LogP contribution in [0.15, 0.2) is 18.2 Å². The zero-order valence-electron chi connectivity index (χ0n) is 11.1. The van der Waals surface area contributed by atoms with Gasteiger partial charge in [0.15, 0.2) is 6.61 Å². The first kappa shape index (κ1) is 15.3. The van der Waals surface area contributed by atoms with E-state index in [0.717, 1.165) is 0 Å². The molecule has 0 aliphatic carbocycles. The Morgan fingerprint density at radius 2 is 1.95 bits per heavy atom. The Hall–Kier alpha value is -1.75. The van der Waals surface area contributed by atoms with Gasteiger partial charge in [-0.1, -0.05) is 11.6 Å². The fraction of sp³-hybridized carbons (Fsp3) is 0.385. The summed E-state index contributed by atoms with van der Waals surface area (Å²) in [5.41, 5.74) is 5.77. The lowest BCUT2D eigenvalue weighted by Gasteiger charge is -2.20. The molecule has 0 radical (unpaired) electrons. The predicted molar refractivity (Wildman–Crippen MR) is 74.0 cm³/mol. The topological polar surface area (TPSA) is 81.4 Å². The number of halogens is 1. The highest BCUT2D eigenvalue weighted by molar-refractivity contribution is 6.31. The molecule has 5 nitrogen and oxygen atoms in total. The summed E-state index contributed by atoms with van der Waals surface area (Å²) in [5.74, 6) is -1.01. The van der Waals surface area contributed by atoms with Crippen LogP contribution in [0, 0.1) is 0 Å². The van der Waals surface area contributed by atoms with Crippen molar-refractivity contribution in [2.75, 3.05) is 12.3 Å². The van der Waals surface area contributed by atoms with Crippen molar-refractivity contribution in [2.45, 2.75) is 26.3 Å². The number of carbonyl (C=O) groups excluding carboxylic acids is 2. The van der Waals surface area contributed by atoms with Crippen molar-refractivity contribution in [3.05, 3.63) is 28.8 Å². The van der Waals surface area contributed by atoms with Crippen LogP contribution in [0.3, 0.4) is 0 Å². The Morgan fingerprint density at radius 3 is 2.47 bits per heavy atom. The number of carbonyl (C=O) groups is 2. The van der Waals surface area contributed by atoms with Crippen LogP contribution in [-0.2, 0) is 9.53 Å². The maximum atomic E-state index is 11.7. The van der Waals surface area contributed by atoms with Gasteiger partial charge in [-0.15, -0.1) is 0 Å². The number of benzene rings is 1. The van der Waals surface area contributed by atoms with Crippen LogP contribution in [0.25, 0.3) is 0 Å². The lowest BCUT2D eigenvalue weighted by Crippen LogP contribution is -2.42. The normalized spacial score (nSPS) is 10.9. The molecule has 3 N–H and O–H groups in total. The van der Waals surface area contributed by atoms with E-state index in [-0.39, 0.29) is 23.6 Å². The Kier molecular flexibility index (Phi) is 4.78. The number of rotatable bonds is 3. The molecule has 0 bridgehead atoms. The highest BCUT2D eigenvalue weighted by Crippen LogP contribution is 2.17. The summed E-state index contributed by atoms with van der Waals surface area (Å²) in [7, 11) is 0. The van der Waals surface area contributed by atoms with Crippen molar-refractivity contribution in [1.29, 1.82) is 0 Å². The van der Waals surface area contributed by atoms with Crippen molar-refractivity contribution >= 4 is 29.2 Å². The van der Waals surface area contributed by atoms with E-state index in [0.29, 0.717) is 10.7 Å². The molecule has 0 spiro atoms. The Labute approximate surface area is 117 Å². The first-order valence-corrected chi connectivity index (χ1v) is 6.09. The maximum Gasteiger partial charge on any atom is 0.338 e. The standard InChI is InChI=1S/C13H17ClN2O3/c1-13(2,3)16-11(17)7-19-12(18)8-4-9(14)6-10(15)5-8/h4-6H,7,15H2,1-3H3,(H,16,17). The maximum absolute atomic E-state index is 11.7. The van der Waals surface area contributed by atoms with Crippen LogP contribution in [-0.4, -0.2) is 24.0 Å². The highest BCUT2D eigenvalue weighted by atomic mass is 35.5. The molecule has 0 fully saturated rings. The number of hydrogen-bond acceptors (Lipinski definition) is 4. The lowest BCUT2D eigenvalue weighted by atomic mass is 10.1. The molecule has 0 atom stereocenters. The summed E-state index contributed by atoms with van der Waals surface area (Å²) < 4.78 is 4.88. The van der Waals surface area contributed by atoms with Crippen LogP contribution >= 0.6 is 11.6 Å². The second kappa shape index (κ2) is 5.93. The second-order valence-electron chi connectivity index (χ2n) is 5.15. The fourth-order valence-corrected chi connectivity index (χ4v) is 1.64. The summed E-state index contributed by atoms with van der Waals surface area (Å²) in [6.45, 7) is 5.17. The smallest absolute Gasteiger partial charge is 0.338 e. The molecule has 1 aromatic rings. The highest BCUT2D eigenvalue weighted by Gasteiger charge is 2.16. The number of anilines is 1. The molecule has 1 rings (SSSR count). The molecule has 6 heteroatoms. The molecular weight excluding hydrogens is 268 g/mol. The lowest BCUT2D eigenvalue weighted by molar-refractivity contribution is -0.125. The van der Waals surface area contributed by atoms with Gasteiger partial charge in [0.2, 0.25) is 0 Å². The monoisotopic (exact) mass is 284 g/mol. The van der Waals surface area contributed by atoms with E-state index < -0.39 is 5.97 Å². The Morgan fingerprint density at radius 1 is 1.32 bits per heavy atom. The molecule has 0 unspecified atom stereocenters. The Bertz CT molecular complexity index is 475. The van der Waals surface area contributed by atoms with Gasteiger partial charge in [0.1, 0.15) is 0 Å². The van der Waals surface area contributed by atoms with E-state index in [4.69, 9.17) is 22.1 Å². The minimum atomic E-state index is -0.641. The third-order valence-corrected chi connectivity index (χ3v) is 2.22. The first-order valence-electron chi connectivity index (χ1n) is 5.71. The molecule has 0 aliphatic rings. The van der Waals surface area contributed by atoms with Crippen molar-refractivity contribution < 1.29 is 14.3 Å². The molecule has 0 aliphatic heterocycles. The van der Waals surface area contributed by atoms with Crippen molar-refractivity contribution in [2.24, 2.45) is 0 Å². The zero-order chi connectivity index (χ0) is 14.6. The molecule has 0 heterocycles. The van der Waals surface area contributed by atoms with Gasteiger partial charge in [-0.3, -0.25) is 4.79 Å². The first-order chi connectivity index (χ1) is 8.67. The number of nitrogen functional groups attached to an aromatic ring is 1. The van der Waals surface area contributed by atoms with E-state index in [9.17, 15) is 9.59 Å². The number of amides is 1. The molecule has 0 saturated carbocycles. The van der Waals surface area contributed by atoms with Crippen molar-refractivity contribution in [3.63, 3.8) is 0 Å². The van der Waals surface area contributed by atoms with Crippen LogP contribution in [0.2, 0.25) is 5.02 Å². The van der Waals surface area contributed by atoms with Crippen LogP contribution in [0.4, 0.5) is 5.69 Å². The summed E-state index contributed by atoms with van der Waals surface area (Å²) >= 11 is 5.78. The molecule has 19 heavy (non-hydrogen) atoms. The SMILES string of the molecule is CC(C)(C)NC(=O)COC(=O)c1cc(N)cc(Cl)c1. The van der Waals surface area contributed by atoms with Gasteiger partial charge >= 0.3 is 5.97 Å². The van der Waals surface area contributed by atoms with Gasteiger partial charge in [0.05, 0.1) is 5.56 Å². The second-order valence-corrected chi connectivity index (χ2v) is 5.58. The van der Waals surface area contributed by atoms with E-state index in [2.05, 4.69) is 5.32 Å². The van der Waals surface area contributed by atoms with E-state index >= 15 is 0 Å². The van der Waals surface area contributed by atoms with E-state index in [1.807, 2.05) is 20.8 Å². The molecule has 0 saturated heterocycles. The molecule has 1 aromatic carbocycles. The Balaban J connectivity index is 2.58. The van der Waals surface area contributed by atoms with Gasteiger partial charge in [-0.25, -0.2) is 4.79 Å². The average Bonchev–Trinajstić information content (AvgIpc) is 2.22. The van der Waals surface area contributed by atoms with Gasteiger partial charge < -0.3 is 15.8 Å². The minimum Gasteiger partial charge on any atom is -0.452 e. The predicted octanol–water partition coefficient (Wildman–Crippen LogP) is 1.99. The summed E-state index contributed by atoms with van der Waals surface area (Å²) in [5, 5.41) is 3.02. The number of ether oxygens (including phenoxy) is 1. The summed E-state index contributed by atoms with van der Waals surface area (Å²) in [6, 6.07) is 4.39. The van der Waals surface area contributed by atoms with Crippen molar-refractivity contribution in [1.82, 2.24) is 5.32 Å². The van der Waals surface area contributed by atoms with Gasteiger partial charge in [-0.2, -0.15) is 0 Å². The van der Waals surface area contributed by atoms with Crippen LogP contribution < -0.4 is 11.1 Å². The third kappa shape index (κ3) is 5.61. The zero-order valence-corrected chi connectivity index (χ0v) is 11.9. The van der Waals surface area contributed by atoms with E-state index in [1.54, 1.807) is 0 Å². The van der Waals surface area contributed by atoms with Gasteiger partial charge in [0.25, 0.3) is 5.91 Å². The van der Waals surface area contributed by atoms with Gasteiger partial charge in [-0.05, 0) is 39.0 Å². The number of hydrogen-bond donors (Lipinski definition) is 2. The van der Waals surface area contributed by atoms with E-state index in [1.165, 1.54) is 18.2 Å². The van der Waals surface area contributed by atoms with Crippen LogP contribution in [0.5, 0.6) is 0 Å². The molecule has 104 valence electrons. The largest absolute Gasteiger partial charge is 0.452 e. The molecular formula is C13H17ClN2O3. The molecule has 1 amide bonds. The quantitative estimate of drug-likeness (QED) is 0.657. The fourth-order valence-electron chi connectivity index (χ4n) is 1.40. The summed E-state index contributed by atoms with van der Waals surface area (Å²) in [4.78, 5) is 23.2. The molecule has 0 aromatic heterocycles. The third-order valence-electron chi connectivity index (χ3n) is 2.00. The minimum absolute atomic E-state index is 0.216. The summed E-state index contributed by atoms with van der Waals surface area (Å²) in [6.07, 6.45) is 0. The number of esters is 1. The average molecular weight is 285 g/mol. The van der Waals surface area contributed by atoms with Crippen LogP contribution in [0.1, 0.15) is 31.1 Å². The number of nitrogens with two attached hydrogens (primary N) is 1. The number of nitrogens with one attached hydrogen (secondary N) is 1.